The van der Waals surface area contributed by atoms with Crippen LogP contribution in [0.15, 0.2) is 24.3 Å². The summed E-state index contributed by atoms with van der Waals surface area (Å²) in [7, 11) is -1.30. The molecule has 0 radical (unpaired) electrons. The molecule has 2 aliphatic carbocycles. The number of ether oxygens (including phenoxy) is 1. The van der Waals surface area contributed by atoms with Crippen LogP contribution in [0.1, 0.15) is 56.9 Å². The van der Waals surface area contributed by atoms with E-state index in [1.54, 1.807) is 0 Å². The summed E-state index contributed by atoms with van der Waals surface area (Å²) >= 11 is 0. The second-order valence-corrected chi connectivity index (χ2v) is 11.7. The summed E-state index contributed by atoms with van der Waals surface area (Å²) in [6.07, 6.45) is 8.03. The lowest BCUT2D eigenvalue weighted by molar-refractivity contribution is -0.136. The normalized spacial score (nSPS) is 26.5. The maximum absolute atomic E-state index is 12.7. The van der Waals surface area contributed by atoms with Gasteiger partial charge >= 0.3 is 0 Å². The number of nitrogens with two attached hydrogens (primary N) is 1. The zero-order valence-corrected chi connectivity index (χ0v) is 19.9. The van der Waals surface area contributed by atoms with Gasteiger partial charge in [0.2, 0.25) is 15.9 Å². The van der Waals surface area contributed by atoms with Crippen LogP contribution in [0, 0.1) is 11.8 Å². The van der Waals surface area contributed by atoms with Crippen LogP contribution >= 0.6 is 0 Å². The molecule has 3 aliphatic rings. The van der Waals surface area contributed by atoms with Crippen molar-refractivity contribution in [3.05, 3.63) is 29.8 Å². The number of sulfonamides is 1. The van der Waals surface area contributed by atoms with Gasteiger partial charge in [0.1, 0.15) is 0 Å². The number of hydrogen-bond acceptors (Lipinski definition) is 5. The first-order valence-electron chi connectivity index (χ1n) is 12.0. The van der Waals surface area contributed by atoms with Crippen molar-refractivity contribution in [2.45, 2.75) is 70.1 Å². The molecule has 0 bridgehead atoms. The summed E-state index contributed by atoms with van der Waals surface area (Å²) in [5, 5.41) is 0. The Labute approximate surface area is 192 Å². The third-order valence-corrected chi connectivity index (χ3v) is 9.48. The van der Waals surface area contributed by atoms with Gasteiger partial charge in [-0.1, -0.05) is 18.2 Å². The van der Waals surface area contributed by atoms with Crippen LogP contribution in [-0.2, 0) is 26.2 Å². The highest BCUT2D eigenvalue weighted by Crippen LogP contribution is 2.33. The van der Waals surface area contributed by atoms with Crippen molar-refractivity contribution < 1.29 is 17.9 Å². The molecule has 0 unspecified atom stereocenters. The van der Waals surface area contributed by atoms with Gasteiger partial charge in [0.15, 0.2) is 0 Å². The fraction of sp³-hybridized carbons (Fsp3) is 0.708. The summed E-state index contributed by atoms with van der Waals surface area (Å²) in [5.41, 5.74) is 8.01. The van der Waals surface area contributed by atoms with Gasteiger partial charge in [0.25, 0.3) is 0 Å². The lowest BCUT2D eigenvalue weighted by Gasteiger charge is -2.38. The van der Waals surface area contributed by atoms with E-state index in [1.807, 2.05) is 36.2 Å². The van der Waals surface area contributed by atoms with Crippen molar-refractivity contribution in [2.24, 2.45) is 17.6 Å². The number of rotatable bonds is 8. The molecular formula is C24H37N3O4S. The molecular weight excluding hydrogens is 426 g/mol. The lowest BCUT2D eigenvalue weighted by atomic mass is 9.78. The van der Waals surface area contributed by atoms with Crippen LogP contribution in [0.5, 0.6) is 0 Å². The van der Waals surface area contributed by atoms with Crippen LogP contribution in [-0.4, -0.2) is 57.3 Å². The van der Waals surface area contributed by atoms with Crippen LogP contribution in [0.2, 0.25) is 0 Å². The predicted octanol–water partition coefficient (Wildman–Crippen LogP) is 2.89. The molecule has 4 rings (SSSR count). The second kappa shape index (κ2) is 10.1. The smallest absolute Gasteiger partial charge is 0.239 e. The molecule has 1 amide bonds. The lowest BCUT2D eigenvalue weighted by Crippen LogP contribution is -2.52. The Kier molecular flexibility index (Phi) is 7.42. The van der Waals surface area contributed by atoms with Gasteiger partial charge in [-0.25, -0.2) is 8.42 Å². The SMILES string of the molecule is CN(C(=O)[C@@H](N)C1CCC(COCc2ccccc2N2CCCS2(=O)=O)CC1)C1CCC1. The van der Waals surface area contributed by atoms with Crippen molar-refractivity contribution in [1.82, 2.24) is 4.90 Å². The highest BCUT2D eigenvalue weighted by atomic mass is 32.2. The molecule has 0 spiro atoms. The number of benzene rings is 1. The average molecular weight is 464 g/mol. The van der Waals surface area contributed by atoms with E-state index in [0.29, 0.717) is 38.1 Å². The summed E-state index contributed by atoms with van der Waals surface area (Å²) in [5.74, 6) is 1.03. The van der Waals surface area contributed by atoms with Crippen molar-refractivity contribution >= 4 is 21.6 Å². The first kappa shape index (κ1) is 23.5. The molecule has 1 aromatic carbocycles. The van der Waals surface area contributed by atoms with Gasteiger partial charge in [0, 0.05) is 31.8 Å². The van der Waals surface area contributed by atoms with E-state index in [9.17, 15) is 13.2 Å². The number of nitrogens with zero attached hydrogens (tertiary/aromatic N) is 2. The van der Waals surface area contributed by atoms with Crippen LogP contribution in [0.4, 0.5) is 5.69 Å². The van der Waals surface area contributed by atoms with E-state index in [-0.39, 0.29) is 17.6 Å². The molecule has 1 heterocycles. The third-order valence-electron chi connectivity index (χ3n) is 7.63. The van der Waals surface area contributed by atoms with E-state index < -0.39 is 16.1 Å². The number of likely N-dealkylation sites (N-methyl/N-ethyl adjacent to an activating group) is 1. The fourth-order valence-electron chi connectivity index (χ4n) is 5.23. The minimum absolute atomic E-state index is 0.0999. The minimum Gasteiger partial charge on any atom is -0.376 e. The maximum Gasteiger partial charge on any atom is 0.239 e. The van der Waals surface area contributed by atoms with Crippen molar-refractivity contribution in [3.8, 4) is 0 Å². The largest absolute Gasteiger partial charge is 0.376 e. The number of hydrogen-bond donors (Lipinski definition) is 1. The Hall–Kier alpha value is -1.64. The summed E-state index contributed by atoms with van der Waals surface area (Å²) < 4.78 is 32.2. The van der Waals surface area contributed by atoms with E-state index in [1.165, 1.54) is 10.7 Å². The minimum atomic E-state index is -3.20. The molecule has 3 fully saturated rings. The molecule has 2 N–H and O–H groups in total. The highest BCUT2D eigenvalue weighted by molar-refractivity contribution is 7.93. The molecule has 2 saturated carbocycles. The van der Waals surface area contributed by atoms with Crippen LogP contribution in [0.25, 0.3) is 0 Å². The summed E-state index contributed by atoms with van der Waals surface area (Å²) in [6, 6.07) is 7.61. The number of anilines is 1. The van der Waals surface area contributed by atoms with Crippen LogP contribution < -0.4 is 10.0 Å². The summed E-state index contributed by atoms with van der Waals surface area (Å²) in [6.45, 7) is 1.60. The molecule has 1 aromatic rings. The molecule has 8 heteroatoms. The molecule has 178 valence electrons. The molecule has 1 atom stereocenters. The van der Waals surface area contributed by atoms with Gasteiger partial charge in [-0.05, 0) is 69.3 Å². The van der Waals surface area contributed by atoms with Crippen LogP contribution in [0.3, 0.4) is 0 Å². The molecule has 1 aliphatic heterocycles. The quantitative estimate of drug-likeness (QED) is 0.640. The Bertz CT molecular complexity index is 894. The topological polar surface area (TPSA) is 92.9 Å². The standard InChI is InChI=1S/C24H37N3O4S/c1-26(21-7-4-8-21)24(28)23(25)19-12-10-18(11-13-19)16-31-17-20-6-2-3-9-22(20)27-14-5-15-32(27,29)30/h2-3,6,9,18-19,21,23H,4-5,7-8,10-17,25H2,1H3/t18?,19?,23-/m0/s1. The van der Waals surface area contributed by atoms with E-state index in [4.69, 9.17) is 10.5 Å². The molecule has 7 nitrogen and oxygen atoms in total. The van der Waals surface area contributed by atoms with Gasteiger partial charge in [-0.2, -0.15) is 0 Å². The van der Waals surface area contributed by atoms with Gasteiger partial charge in [-0.3, -0.25) is 9.10 Å². The maximum atomic E-state index is 12.7. The first-order chi connectivity index (χ1) is 15.4. The van der Waals surface area contributed by atoms with Crippen molar-refractivity contribution in [3.63, 3.8) is 0 Å². The fourth-order valence-corrected chi connectivity index (χ4v) is 6.83. The van der Waals surface area contributed by atoms with Gasteiger partial charge < -0.3 is 15.4 Å². The Morgan fingerprint density at radius 1 is 1.16 bits per heavy atom. The zero-order chi connectivity index (χ0) is 22.7. The third kappa shape index (κ3) is 5.13. The van der Waals surface area contributed by atoms with E-state index in [0.717, 1.165) is 49.8 Å². The number of carbonyl (C=O) groups excluding carboxylic acids is 1. The number of amides is 1. The predicted molar refractivity (Wildman–Crippen MR) is 126 cm³/mol. The van der Waals surface area contributed by atoms with E-state index in [2.05, 4.69) is 0 Å². The monoisotopic (exact) mass is 463 g/mol. The zero-order valence-electron chi connectivity index (χ0n) is 19.1. The van der Waals surface area contributed by atoms with E-state index >= 15 is 0 Å². The Morgan fingerprint density at radius 2 is 1.88 bits per heavy atom. The van der Waals surface area contributed by atoms with Gasteiger partial charge in [0.05, 0.1) is 24.1 Å². The highest BCUT2D eigenvalue weighted by Gasteiger charge is 2.34. The Morgan fingerprint density at radius 3 is 2.50 bits per heavy atom. The summed E-state index contributed by atoms with van der Waals surface area (Å²) in [4.78, 5) is 14.6. The second-order valence-electron chi connectivity index (χ2n) is 9.73. The molecule has 0 aromatic heterocycles. The van der Waals surface area contributed by atoms with Crippen molar-refractivity contribution in [1.29, 1.82) is 0 Å². The average Bonchev–Trinajstić information content (AvgIpc) is 3.11. The first-order valence-corrected chi connectivity index (χ1v) is 13.7. The molecule has 1 saturated heterocycles. The molecule has 32 heavy (non-hydrogen) atoms. The van der Waals surface area contributed by atoms with Gasteiger partial charge in [-0.15, -0.1) is 0 Å². The van der Waals surface area contributed by atoms with Crippen molar-refractivity contribution in [2.75, 3.05) is 30.3 Å². The number of carbonyl (C=O) groups is 1. The number of para-hydroxylation sites is 1. The Balaban J connectivity index is 1.24.